The zero-order valence-corrected chi connectivity index (χ0v) is 20.9. The van der Waals surface area contributed by atoms with Gasteiger partial charge in [0.15, 0.2) is 5.96 Å². The van der Waals surface area contributed by atoms with E-state index in [0.717, 1.165) is 57.6 Å². The van der Waals surface area contributed by atoms with Gasteiger partial charge in [0.05, 0.1) is 26.4 Å². The number of halogens is 1. The molecule has 164 valence electrons. The molecule has 2 heterocycles. The molecule has 0 amide bonds. The van der Waals surface area contributed by atoms with Crippen molar-refractivity contribution in [3.05, 3.63) is 29.8 Å². The van der Waals surface area contributed by atoms with Crippen LogP contribution in [0.3, 0.4) is 0 Å². The summed E-state index contributed by atoms with van der Waals surface area (Å²) in [5, 5.41) is 4.36. The minimum absolute atomic E-state index is 0. The van der Waals surface area contributed by atoms with Gasteiger partial charge in [-0.1, -0.05) is 19.1 Å². The van der Waals surface area contributed by atoms with Crippen LogP contribution >= 0.6 is 35.7 Å². The Kier molecular flexibility index (Phi) is 10.9. The molecule has 2 aliphatic rings. The molecule has 0 radical (unpaired) electrons. The van der Waals surface area contributed by atoms with Crippen LogP contribution in [-0.2, 0) is 4.74 Å². The fourth-order valence-electron chi connectivity index (χ4n) is 3.85. The van der Waals surface area contributed by atoms with Crippen molar-refractivity contribution in [2.75, 3.05) is 65.8 Å². The number of morpholine rings is 1. The number of thioether (sulfide) groups is 1. The Labute approximate surface area is 196 Å². The molecule has 2 aliphatic heterocycles. The third-order valence-electron chi connectivity index (χ3n) is 5.55. The van der Waals surface area contributed by atoms with Crippen molar-refractivity contribution in [2.24, 2.45) is 4.99 Å². The number of nitrogens with zero attached hydrogens (tertiary/aromatic N) is 3. The quantitative estimate of drug-likeness (QED) is 0.344. The van der Waals surface area contributed by atoms with Crippen LogP contribution in [-0.4, -0.2) is 86.9 Å². The summed E-state index contributed by atoms with van der Waals surface area (Å²) in [5.74, 6) is 3.08. The Morgan fingerprint density at radius 1 is 1.28 bits per heavy atom. The van der Waals surface area contributed by atoms with Crippen LogP contribution in [0.2, 0.25) is 0 Å². The van der Waals surface area contributed by atoms with E-state index in [1.807, 2.05) is 19.2 Å². The first-order valence-corrected chi connectivity index (χ1v) is 11.3. The highest BCUT2D eigenvalue weighted by molar-refractivity contribution is 14.0. The lowest BCUT2D eigenvalue weighted by molar-refractivity contribution is 0.0169. The Hall–Kier alpha value is -0.710. The fraction of sp³-hybridized carbons (Fsp3) is 0.667. The molecule has 3 rings (SSSR count). The van der Waals surface area contributed by atoms with E-state index < -0.39 is 0 Å². The van der Waals surface area contributed by atoms with Gasteiger partial charge < -0.3 is 19.7 Å². The highest BCUT2D eigenvalue weighted by Crippen LogP contribution is 2.24. The van der Waals surface area contributed by atoms with Crippen LogP contribution in [0.4, 0.5) is 0 Å². The topological polar surface area (TPSA) is 49.3 Å². The zero-order chi connectivity index (χ0) is 19.8. The summed E-state index contributed by atoms with van der Waals surface area (Å²) in [4.78, 5) is 9.50. The highest BCUT2D eigenvalue weighted by atomic mass is 127. The number of guanidine groups is 1. The maximum absolute atomic E-state index is 5.57. The molecule has 1 N–H and O–H groups in total. The number of hydrogen-bond acceptors (Lipinski definition) is 5. The van der Waals surface area contributed by atoms with E-state index in [9.17, 15) is 0 Å². The Morgan fingerprint density at radius 2 is 2.00 bits per heavy atom. The van der Waals surface area contributed by atoms with Crippen LogP contribution in [0.25, 0.3) is 0 Å². The van der Waals surface area contributed by atoms with Crippen molar-refractivity contribution in [1.82, 2.24) is 15.1 Å². The van der Waals surface area contributed by atoms with Gasteiger partial charge in [-0.25, -0.2) is 0 Å². The van der Waals surface area contributed by atoms with E-state index in [1.165, 1.54) is 17.7 Å². The van der Waals surface area contributed by atoms with Crippen molar-refractivity contribution in [3.8, 4) is 5.75 Å². The first kappa shape index (κ1) is 24.6. The van der Waals surface area contributed by atoms with E-state index in [2.05, 4.69) is 50.9 Å². The number of hydrogen-bond donors (Lipinski definition) is 1. The van der Waals surface area contributed by atoms with Gasteiger partial charge in [-0.2, -0.15) is 11.8 Å². The van der Waals surface area contributed by atoms with Crippen molar-refractivity contribution in [1.29, 1.82) is 0 Å². The van der Waals surface area contributed by atoms with Gasteiger partial charge >= 0.3 is 0 Å². The summed E-state index contributed by atoms with van der Waals surface area (Å²) in [6.07, 6.45) is 1.21. The number of aliphatic imine (C=N–C) groups is 1. The summed E-state index contributed by atoms with van der Waals surface area (Å²) >= 11 is 2.08. The van der Waals surface area contributed by atoms with Gasteiger partial charge in [-0.3, -0.25) is 9.89 Å². The summed E-state index contributed by atoms with van der Waals surface area (Å²) in [6.45, 7) is 8.74. The second-order valence-corrected chi connectivity index (χ2v) is 8.62. The van der Waals surface area contributed by atoms with E-state index in [-0.39, 0.29) is 30.0 Å². The molecule has 0 aliphatic carbocycles. The smallest absolute Gasteiger partial charge is 0.193 e. The van der Waals surface area contributed by atoms with Crippen LogP contribution < -0.4 is 10.1 Å². The van der Waals surface area contributed by atoms with Gasteiger partial charge in [0, 0.05) is 50.8 Å². The highest BCUT2D eigenvalue weighted by Gasteiger charge is 2.25. The molecule has 2 atom stereocenters. The van der Waals surface area contributed by atoms with Gasteiger partial charge in [0.25, 0.3) is 0 Å². The number of rotatable bonds is 6. The van der Waals surface area contributed by atoms with Crippen molar-refractivity contribution in [3.63, 3.8) is 0 Å². The van der Waals surface area contributed by atoms with Crippen LogP contribution in [0.15, 0.2) is 29.3 Å². The lowest BCUT2D eigenvalue weighted by Crippen LogP contribution is -2.50. The van der Waals surface area contributed by atoms with Gasteiger partial charge in [0.1, 0.15) is 5.75 Å². The molecule has 8 heteroatoms. The number of nitrogens with one attached hydrogen (secondary N) is 1. The summed E-state index contributed by atoms with van der Waals surface area (Å²) in [5.41, 5.74) is 1.30. The monoisotopic (exact) mass is 534 g/mol. The van der Waals surface area contributed by atoms with E-state index in [4.69, 9.17) is 9.47 Å². The van der Waals surface area contributed by atoms with E-state index in [0.29, 0.717) is 5.25 Å². The minimum atomic E-state index is 0. The Bertz CT molecular complexity index is 626. The maximum atomic E-state index is 5.57. The molecule has 2 fully saturated rings. The fourth-order valence-corrected chi connectivity index (χ4v) is 5.03. The van der Waals surface area contributed by atoms with Gasteiger partial charge in [-0.15, -0.1) is 24.0 Å². The van der Waals surface area contributed by atoms with Crippen LogP contribution in [0, 0.1) is 0 Å². The molecule has 1 aromatic carbocycles. The Morgan fingerprint density at radius 3 is 2.62 bits per heavy atom. The minimum Gasteiger partial charge on any atom is -0.497 e. The molecular weight excluding hydrogens is 499 g/mol. The molecule has 29 heavy (non-hydrogen) atoms. The molecule has 0 saturated carbocycles. The summed E-state index contributed by atoms with van der Waals surface area (Å²) in [6, 6.07) is 8.73. The molecular formula is C21H35IN4O2S. The maximum Gasteiger partial charge on any atom is 0.193 e. The third-order valence-corrected chi connectivity index (χ3v) is 6.92. The standard InChI is InChI=1S/C21H34N4O2S.HI/c1-4-19-16-25(11-14-28-19)21(22-2)23-15-20(24-9-12-27-13-10-24)17-5-7-18(26-3)8-6-17;/h5-8,19-20H,4,9-16H2,1-3H3,(H,22,23);1H. The third kappa shape index (κ3) is 6.90. The Balaban J connectivity index is 0.00000300. The summed E-state index contributed by atoms with van der Waals surface area (Å²) < 4.78 is 10.9. The molecule has 2 unspecified atom stereocenters. The lowest BCUT2D eigenvalue weighted by atomic mass is 10.0. The predicted molar refractivity (Wildman–Crippen MR) is 133 cm³/mol. The normalized spacial score (nSPS) is 22.0. The largest absolute Gasteiger partial charge is 0.497 e. The van der Waals surface area contributed by atoms with Crippen molar-refractivity contribution in [2.45, 2.75) is 24.6 Å². The zero-order valence-electron chi connectivity index (χ0n) is 17.8. The molecule has 0 spiro atoms. The van der Waals surface area contributed by atoms with Crippen molar-refractivity contribution >= 4 is 41.7 Å². The molecule has 0 bridgehead atoms. The predicted octanol–water partition coefficient (Wildman–Crippen LogP) is 3.09. The second kappa shape index (κ2) is 12.9. The number of ether oxygens (including phenoxy) is 2. The average Bonchev–Trinajstić information content (AvgIpc) is 2.77. The first-order chi connectivity index (χ1) is 13.7. The number of methoxy groups -OCH3 is 1. The second-order valence-electron chi connectivity index (χ2n) is 7.21. The molecule has 6 nitrogen and oxygen atoms in total. The van der Waals surface area contributed by atoms with Crippen LogP contribution in [0.1, 0.15) is 24.9 Å². The van der Waals surface area contributed by atoms with E-state index >= 15 is 0 Å². The van der Waals surface area contributed by atoms with E-state index in [1.54, 1.807) is 7.11 Å². The van der Waals surface area contributed by atoms with Gasteiger partial charge in [0.2, 0.25) is 0 Å². The molecule has 0 aromatic heterocycles. The van der Waals surface area contributed by atoms with Crippen molar-refractivity contribution < 1.29 is 9.47 Å². The summed E-state index contributed by atoms with van der Waals surface area (Å²) in [7, 11) is 3.60. The lowest BCUT2D eigenvalue weighted by Gasteiger charge is -2.37. The SMILES string of the molecule is CCC1CN(C(=NC)NCC(c2ccc(OC)cc2)N2CCOCC2)CCS1.I. The van der Waals surface area contributed by atoms with Gasteiger partial charge in [-0.05, 0) is 24.1 Å². The number of benzene rings is 1. The average molecular weight is 535 g/mol. The van der Waals surface area contributed by atoms with Crippen LogP contribution in [0.5, 0.6) is 5.75 Å². The first-order valence-electron chi connectivity index (χ1n) is 10.3. The molecule has 1 aromatic rings. The molecule has 2 saturated heterocycles.